The van der Waals surface area contributed by atoms with Crippen molar-refractivity contribution in [3.63, 3.8) is 0 Å². The summed E-state index contributed by atoms with van der Waals surface area (Å²) in [4.78, 5) is 0. The van der Waals surface area contributed by atoms with Crippen LogP contribution in [0.15, 0.2) is 0 Å². The third-order valence-electron chi connectivity index (χ3n) is 4.44. The lowest BCUT2D eigenvalue weighted by molar-refractivity contribution is -0.328. The summed E-state index contributed by atoms with van der Waals surface area (Å²) in [5, 5.41) is 59.0. The molecular formula is C12H20O10. The molecule has 22 heavy (non-hydrogen) atoms. The first kappa shape index (κ1) is 16.5. The molecule has 3 rings (SSSR count). The Bertz CT molecular complexity index is 383. The van der Waals surface area contributed by atoms with E-state index in [1.165, 1.54) is 0 Å². The van der Waals surface area contributed by atoms with E-state index in [9.17, 15) is 30.6 Å². The van der Waals surface area contributed by atoms with E-state index in [1.807, 2.05) is 0 Å². The number of ether oxygens (including phenoxy) is 4. The van der Waals surface area contributed by atoms with Gasteiger partial charge >= 0.3 is 0 Å². The smallest absolute Gasteiger partial charge is 0.221 e. The second-order valence-corrected chi connectivity index (χ2v) is 5.75. The Morgan fingerprint density at radius 1 is 0.727 bits per heavy atom. The maximum atomic E-state index is 10.0. The summed E-state index contributed by atoms with van der Waals surface area (Å²) in [5.41, 5.74) is 0. The maximum absolute atomic E-state index is 10.0. The van der Waals surface area contributed by atoms with E-state index in [0.29, 0.717) is 0 Å². The fourth-order valence-electron chi connectivity index (χ4n) is 3.02. The van der Waals surface area contributed by atoms with Crippen LogP contribution in [0.5, 0.6) is 0 Å². The van der Waals surface area contributed by atoms with Crippen LogP contribution in [0.4, 0.5) is 0 Å². The Hall–Kier alpha value is -0.400. The molecule has 8 atom stereocenters. The number of aliphatic hydroxyl groups is 6. The molecule has 3 aliphatic heterocycles. The van der Waals surface area contributed by atoms with Gasteiger partial charge in [0.15, 0.2) is 0 Å². The zero-order valence-electron chi connectivity index (χ0n) is 11.6. The molecular weight excluding hydrogens is 304 g/mol. The predicted octanol–water partition coefficient (Wildman–Crippen LogP) is -4.35. The van der Waals surface area contributed by atoms with Crippen molar-refractivity contribution in [3.05, 3.63) is 0 Å². The largest absolute Gasteiger partial charge is 0.391 e. The van der Waals surface area contributed by atoms with Crippen LogP contribution in [0.25, 0.3) is 0 Å². The highest BCUT2D eigenvalue weighted by molar-refractivity contribution is 5.01. The van der Waals surface area contributed by atoms with Crippen molar-refractivity contribution in [1.82, 2.24) is 0 Å². The van der Waals surface area contributed by atoms with Gasteiger partial charge in [0.1, 0.15) is 49.8 Å². The first-order valence-electron chi connectivity index (χ1n) is 6.96. The lowest BCUT2D eigenvalue weighted by Gasteiger charge is -2.34. The molecule has 4 bridgehead atoms. The van der Waals surface area contributed by atoms with Crippen LogP contribution >= 0.6 is 0 Å². The molecule has 10 heteroatoms. The molecule has 0 amide bonds. The summed E-state index contributed by atoms with van der Waals surface area (Å²) in [6, 6.07) is 0. The Morgan fingerprint density at radius 3 is 1.41 bits per heavy atom. The number of aliphatic hydroxyl groups excluding tert-OH is 6. The molecule has 2 unspecified atom stereocenters. The molecule has 0 aromatic rings. The summed E-state index contributed by atoms with van der Waals surface area (Å²) in [6.45, 7) is -2.20. The molecule has 0 aliphatic carbocycles. The van der Waals surface area contributed by atoms with Crippen molar-refractivity contribution in [1.29, 1.82) is 0 Å². The number of fused-ring (bicyclic) bond motifs is 4. The molecule has 128 valence electrons. The molecule has 6 N–H and O–H groups in total. The monoisotopic (exact) mass is 324 g/mol. The van der Waals surface area contributed by atoms with Gasteiger partial charge in [-0.25, -0.2) is 0 Å². The van der Waals surface area contributed by atoms with Crippen molar-refractivity contribution >= 4 is 0 Å². The molecule has 0 aromatic carbocycles. The molecule has 10 nitrogen and oxygen atoms in total. The fraction of sp³-hybridized carbons (Fsp3) is 1.00. The Kier molecular flexibility index (Phi) is 4.19. The quantitative estimate of drug-likeness (QED) is 0.293. The van der Waals surface area contributed by atoms with Crippen LogP contribution in [0.2, 0.25) is 0 Å². The van der Waals surface area contributed by atoms with E-state index in [4.69, 9.17) is 18.9 Å². The third kappa shape index (κ3) is 2.19. The average Bonchev–Trinajstić information content (AvgIpc) is 2.91. The van der Waals surface area contributed by atoms with Gasteiger partial charge in [0, 0.05) is 0 Å². The van der Waals surface area contributed by atoms with Gasteiger partial charge in [0.2, 0.25) is 11.6 Å². The van der Waals surface area contributed by atoms with Gasteiger partial charge in [-0.1, -0.05) is 0 Å². The minimum absolute atomic E-state index is 0.361. The molecule has 3 saturated heterocycles. The normalized spacial score (nSPS) is 55.4. The Labute approximate surface area is 125 Å². The van der Waals surface area contributed by atoms with Crippen LogP contribution in [0.1, 0.15) is 0 Å². The van der Waals surface area contributed by atoms with E-state index in [-0.39, 0.29) is 13.2 Å². The second kappa shape index (κ2) is 5.60. The summed E-state index contributed by atoms with van der Waals surface area (Å²) in [7, 11) is 0. The lowest BCUT2D eigenvalue weighted by Crippen LogP contribution is -2.50. The lowest BCUT2D eigenvalue weighted by atomic mass is 10.0. The Balaban J connectivity index is 1.90. The SMILES string of the molecule is OCC12OC[C@H]3OC(CO)(OC[C@@H](O1)[C@@H](O)[C@@H]2O)[C@@H](O)[C@@H]3O. The van der Waals surface area contributed by atoms with E-state index in [0.717, 1.165) is 0 Å². The highest BCUT2D eigenvalue weighted by atomic mass is 16.8. The van der Waals surface area contributed by atoms with E-state index >= 15 is 0 Å². The molecule has 3 aliphatic rings. The minimum Gasteiger partial charge on any atom is -0.391 e. The van der Waals surface area contributed by atoms with Gasteiger partial charge in [0.05, 0.1) is 13.2 Å². The molecule has 0 aromatic heterocycles. The predicted molar refractivity (Wildman–Crippen MR) is 65.3 cm³/mol. The molecule has 0 radical (unpaired) electrons. The van der Waals surface area contributed by atoms with Crippen LogP contribution in [-0.2, 0) is 18.9 Å². The average molecular weight is 324 g/mol. The van der Waals surface area contributed by atoms with Crippen molar-refractivity contribution in [3.8, 4) is 0 Å². The summed E-state index contributed by atoms with van der Waals surface area (Å²) >= 11 is 0. The fourth-order valence-corrected chi connectivity index (χ4v) is 3.02. The number of hydrogen-bond donors (Lipinski definition) is 6. The van der Waals surface area contributed by atoms with Gasteiger partial charge in [-0.15, -0.1) is 0 Å². The van der Waals surface area contributed by atoms with E-state index < -0.39 is 61.4 Å². The van der Waals surface area contributed by atoms with Gasteiger partial charge in [-0.3, -0.25) is 0 Å². The van der Waals surface area contributed by atoms with Gasteiger partial charge in [0.25, 0.3) is 0 Å². The molecule has 0 saturated carbocycles. The molecule has 3 heterocycles. The maximum Gasteiger partial charge on any atom is 0.221 e. The number of hydrogen-bond acceptors (Lipinski definition) is 10. The first-order valence-corrected chi connectivity index (χ1v) is 6.96. The molecule has 3 fully saturated rings. The van der Waals surface area contributed by atoms with Crippen molar-refractivity contribution in [2.75, 3.05) is 26.4 Å². The van der Waals surface area contributed by atoms with Crippen molar-refractivity contribution in [2.24, 2.45) is 0 Å². The van der Waals surface area contributed by atoms with E-state index in [1.54, 1.807) is 0 Å². The highest BCUT2D eigenvalue weighted by Crippen LogP contribution is 2.39. The zero-order valence-corrected chi connectivity index (χ0v) is 11.6. The van der Waals surface area contributed by atoms with Gasteiger partial charge < -0.3 is 49.6 Å². The van der Waals surface area contributed by atoms with Gasteiger partial charge in [-0.2, -0.15) is 0 Å². The van der Waals surface area contributed by atoms with Crippen LogP contribution < -0.4 is 0 Å². The highest BCUT2D eigenvalue weighted by Gasteiger charge is 2.61. The van der Waals surface area contributed by atoms with Crippen LogP contribution in [0, 0.1) is 0 Å². The zero-order chi connectivity index (χ0) is 16.1. The minimum atomic E-state index is -1.87. The van der Waals surface area contributed by atoms with Crippen LogP contribution in [-0.4, -0.2) is 105 Å². The summed E-state index contributed by atoms with van der Waals surface area (Å²) in [6.07, 6.45) is -8.01. The topological polar surface area (TPSA) is 158 Å². The number of rotatable bonds is 2. The third-order valence-corrected chi connectivity index (χ3v) is 4.44. The summed E-state index contributed by atoms with van der Waals surface area (Å²) < 4.78 is 21.5. The van der Waals surface area contributed by atoms with Crippen LogP contribution in [0.3, 0.4) is 0 Å². The van der Waals surface area contributed by atoms with Gasteiger partial charge in [-0.05, 0) is 0 Å². The van der Waals surface area contributed by atoms with Crippen molar-refractivity contribution < 1.29 is 49.6 Å². The molecule has 0 spiro atoms. The second-order valence-electron chi connectivity index (χ2n) is 5.75. The first-order chi connectivity index (χ1) is 10.4. The Morgan fingerprint density at radius 2 is 1.09 bits per heavy atom. The van der Waals surface area contributed by atoms with Crippen molar-refractivity contribution in [2.45, 2.75) is 48.2 Å². The summed E-state index contributed by atoms with van der Waals surface area (Å²) in [5.74, 6) is -3.74. The standard InChI is InChI=1S/C12H20O10/c13-3-11-10(18)8(16)6(22-11)2-20-12(4-14)9(17)7(15)5(21-12)1-19-11/h5-10,13-18H,1-4H2/t5-,6-,7-,8-,9+,10+,11?,12?/m1/s1. The van der Waals surface area contributed by atoms with E-state index in [2.05, 4.69) is 0 Å².